The number of rotatable bonds is 4. The summed E-state index contributed by atoms with van der Waals surface area (Å²) in [5.41, 5.74) is 0.0430. The normalized spacial score (nSPS) is 11.7. The van der Waals surface area contributed by atoms with Crippen LogP contribution in [0, 0.1) is 6.92 Å². The van der Waals surface area contributed by atoms with Crippen LogP contribution in [-0.2, 0) is 6.18 Å². The minimum absolute atomic E-state index is 0.136. The van der Waals surface area contributed by atoms with Crippen molar-refractivity contribution in [1.29, 1.82) is 0 Å². The molecule has 124 valence electrons. The third kappa shape index (κ3) is 4.72. The lowest BCUT2D eigenvalue weighted by Crippen LogP contribution is -2.13. The minimum atomic E-state index is -4.51. The summed E-state index contributed by atoms with van der Waals surface area (Å²) in [6.45, 7) is 5.66. The molecule has 23 heavy (non-hydrogen) atoms. The lowest BCUT2D eigenvalue weighted by Gasteiger charge is -2.14. The molecule has 0 unspecified atom stereocenters. The highest BCUT2D eigenvalue weighted by Gasteiger charge is 2.33. The van der Waals surface area contributed by atoms with Crippen molar-refractivity contribution in [3.8, 4) is 0 Å². The predicted octanol–water partition coefficient (Wildman–Crippen LogP) is 5.02. The van der Waals surface area contributed by atoms with Crippen molar-refractivity contribution in [2.24, 2.45) is 0 Å². The van der Waals surface area contributed by atoms with E-state index in [0.717, 1.165) is 6.07 Å². The molecule has 4 nitrogen and oxygen atoms in total. The maximum atomic E-state index is 12.9. The van der Waals surface area contributed by atoms with Gasteiger partial charge in [-0.2, -0.15) is 18.2 Å². The van der Waals surface area contributed by atoms with Crippen LogP contribution < -0.4 is 10.6 Å². The van der Waals surface area contributed by atoms with Crippen LogP contribution in [0.3, 0.4) is 0 Å². The third-order valence-corrected chi connectivity index (χ3v) is 3.15. The van der Waals surface area contributed by atoms with Crippen molar-refractivity contribution in [1.82, 2.24) is 9.97 Å². The van der Waals surface area contributed by atoms with E-state index in [-0.39, 0.29) is 16.8 Å². The fourth-order valence-corrected chi connectivity index (χ4v) is 2.15. The number of nitrogens with one attached hydrogen (secondary N) is 2. The van der Waals surface area contributed by atoms with Gasteiger partial charge in [-0.05, 0) is 39.0 Å². The van der Waals surface area contributed by atoms with Crippen LogP contribution in [-0.4, -0.2) is 16.0 Å². The topological polar surface area (TPSA) is 49.8 Å². The lowest BCUT2D eigenvalue weighted by atomic mass is 10.2. The van der Waals surface area contributed by atoms with Gasteiger partial charge in [-0.1, -0.05) is 11.6 Å². The molecule has 0 saturated carbocycles. The van der Waals surface area contributed by atoms with Gasteiger partial charge in [0.2, 0.25) is 5.95 Å². The lowest BCUT2D eigenvalue weighted by molar-refractivity contribution is -0.137. The van der Waals surface area contributed by atoms with E-state index >= 15 is 0 Å². The van der Waals surface area contributed by atoms with Gasteiger partial charge >= 0.3 is 6.18 Å². The number of benzene rings is 1. The Morgan fingerprint density at radius 3 is 2.43 bits per heavy atom. The van der Waals surface area contributed by atoms with Crippen LogP contribution in [0.15, 0.2) is 24.3 Å². The van der Waals surface area contributed by atoms with E-state index in [4.69, 9.17) is 11.6 Å². The highest BCUT2D eigenvalue weighted by molar-refractivity contribution is 6.31. The zero-order valence-electron chi connectivity index (χ0n) is 12.8. The van der Waals surface area contributed by atoms with Gasteiger partial charge < -0.3 is 10.6 Å². The Hall–Kier alpha value is -2.02. The van der Waals surface area contributed by atoms with Gasteiger partial charge in [0.05, 0.1) is 10.6 Å². The molecule has 0 aliphatic rings. The number of hydrogen-bond donors (Lipinski definition) is 2. The van der Waals surface area contributed by atoms with Crippen LogP contribution in [0.1, 0.15) is 25.1 Å². The molecule has 0 fully saturated rings. The number of aromatic nitrogens is 2. The second-order valence-corrected chi connectivity index (χ2v) is 5.74. The number of anilines is 3. The Morgan fingerprint density at radius 2 is 1.83 bits per heavy atom. The Balaban J connectivity index is 2.31. The molecule has 1 aromatic heterocycles. The SMILES string of the molecule is Cc1cc(Nc2ccc(Cl)c(C(F)(F)F)c2)nc(NC(C)C)n1. The van der Waals surface area contributed by atoms with Crippen molar-refractivity contribution in [2.45, 2.75) is 33.0 Å². The number of hydrogen-bond acceptors (Lipinski definition) is 4. The van der Waals surface area contributed by atoms with Crippen LogP contribution in [0.25, 0.3) is 0 Å². The van der Waals surface area contributed by atoms with Gasteiger partial charge in [-0.25, -0.2) is 4.98 Å². The quantitative estimate of drug-likeness (QED) is 0.817. The van der Waals surface area contributed by atoms with Crippen molar-refractivity contribution in [2.75, 3.05) is 10.6 Å². The Kier molecular flexibility index (Phi) is 4.99. The van der Waals surface area contributed by atoms with E-state index in [9.17, 15) is 13.2 Å². The van der Waals surface area contributed by atoms with E-state index < -0.39 is 11.7 Å². The monoisotopic (exact) mass is 344 g/mol. The molecule has 1 heterocycles. The number of alkyl halides is 3. The summed E-state index contributed by atoms with van der Waals surface area (Å²) in [6.07, 6.45) is -4.51. The van der Waals surface area contributed by atoms with E-state index in [2.05, 4.69) is 20.6 Å². The van der Waals surface area contributed by atoms with Gasteiger partial charge in [0.15, 0.2) is 0 Å². The first-order valence-corrected chi connectivity index (χ1v) is 7.29. The van der Waals surface area contributed by atoms with Gasteiger partial charge in [0.25, 0.3) is 0 Å². The second-order valence-electron chi connectivity index (χ2n) is 5.33. The smallest absolute Gasteiger partial charge is 0.352 e. The average molecular weight is 345 g/mol. The van der Waals surface area contributed by atoms with Gasteiger partial charge in [-0.15, -0.1) is 0 Å². The molecule has 2 aromatic rings. The van der Waals surface area contributed by atoms with Crippen LogP contribution in [0.4, 0.5) is 30.6 Å². The van der Waals surface area contributed by atoms with Crippen molar-refractivity contribution >= 4 is 29.1 Å². The predicted molar refractivity (Wildman–Crippen MR) is 85.3 cm³/mol. The summed E-state index contributed by atoms with van der Waals surface area (Å²) >= 11 is 5.61. The highest BCUT2D eigenvalue weighted by Crippen LogP contribution is 2.36. The van der Waals surface area contributed by atoms with E-state index in [0.29, 0.717) is 17.5 Å². The molecular weight excluding hydrogens is 329 g/mol. The molecule has 2 rings (SSSR count). The van der Waals surface area contributed by atoms with E-state index in [1.165, 1.54) is 12.1 Å². The summed E-state index contributed by atoms with van der Waals surface area (Å²) in [5.74, 6) is 0.809. The van der Waals surface area contributed by atoms with Gasteiger partial charge in [-0.3, -0.25) is 0 Å². The Labute approximate surface area is 137 Å². The first-order valence-electron chi connectivity index (χ1n) is 6.91. The molecule has 0 spiro atoms. The zero-order chi connectivity index (χ0) is 17.2. The standard InChI is InChI=1S/C15H16ClF3N4/c1-8(2)20-14-21-9(3)6-13(23-14)22-10-4-5-12(16)11(7-10)15(17,18)19/h4-8H,1-3H3,(H2,20,21,22,23). The van der Waals surface area contributed by atoms with Gasteiger partial charge in [0.1, 0.15) is 5.82 Å². The second kappa shape index (κ2) is 6.62. The van der Waals surface area contributed by atoms with Crippen molar-refractivity contribution in [3.63, 3.8) is 0 Å². The van der Waals surface area contributed by atoms with E-state index in [1.807, 2.05) is 13.8 Å². The molecule has 0 atom stereocenters. The summed E-state index contributed by atoms with van der Waals surface area (Å²) in [7, 11) is 0. The van der Waals surface area contributed by atoms with Crippen molar-refractivity contribution < 1.29 is 13.2 Å². The molecule has 2 N–H and O–H groups in total. The summed E-state index contributed by atoms with van der Waals surface area (Å²) in [5, 5.41) is 5.56. The maximum absolute atomic E-state index is 12.9. The maximum Gasteiger partial charge on any atom is 0.417 e. The van der Waals surface area contributed by atoms with Crippen molar-refractivity contribution in [3.05, 3.63) is 40.5 Å². The molecule has 0 aliphatic heterocycles. The molecule has 1 aromatic carbocycles. The molecular formula is C15H16ClF3N4. The summed E-state index contributed by atoms with van der Waals surface area (Å²) in [6, 6.07) is 5.40. The van der Waals surface area contributed by atoms with Gasteiger partial charge in [0, 0.05) is 23.5 Å². The first-order chi connectivity index (χ1) is 10.6. The fourth-order valence-electron chi connectivity index (χ4n) is 1.92. The number of halogens is 4. The molecule has 0 aliphatic carbocycles. The average Bonchev–Trinajstić information content (AvgIpc) is 2.38. The minimum Gasteiger partial charge on any atom is -0.352 e. The molecule has 0 bridgehead atoms. The third-order valence-electron chi connectivity index (χ3n) is 2.82. The van der Waals surface area contributed by atoms with E-state index in [1.54, 1.807) is 13.0 Å². The van der Waals surface area contributed by atoms with Crippen LogP contribution in [0.5, 0.6) is 0 Å². The Bertz CT molecular complexity index is 702. The summed E-state index contributed by atoms with van der Waals surface area (Å²) in [4.78, 5) is 8.46. The summed E-state index contributed by atoms with van der Waals surface area (Å²) < 4.78 is 38.7. The molecule has 0 saturated heterocycles. The molecule has 0 amide bonds. The van der Waals surface area contributed by atoms with Crippen LogP contribution in [0.2, 0.25) is 5.02 Å². The fraction of sp³-hybridized carbons (Fsp3) is 0.333. The number of nitrogens with zero attached hydrogens (tertiary/aromatic N) is 2. The van der Waals surface area contributed by atoms with Crippen LogP contribution >= 0.6 is 11.6 Å². The molecule has 8 heteroatoms. The largest absolute Gasteiger partial charge is 0.417 e. The highest BCUT2D eigenvalue weighted by atomic mass is 35.5. The number of aryl methyl sites for hydroxylation is 1. The Morgan fingerprint density at radius 1 is 1.13 bits per heavy atom. The first kappa shape index (κ1) is 17.3. The molecule has 0 radical (unpaired) electrons. The zero-order valence-corrected chi connectivity index (χ0v) is 13.5.